The summed E-state index contributed by atoms with van der Waals surface area (Å²) in [6.45, 7) is 4.67. The first kappa shape index (κ1) is 21.7. The molecule has 1 aliphatic carbocycles. The van der Waals surface area contributed by atoms with Crippen molar-refractivity contribution in [1.82, 2.24) is 0 Å². The quantitative estimate of drug-likeness (QED) is 0.630. The van der Waals surface area contributed by atoms with Crippen LogP contribution in [-0.4, -0.2) is 35.2 Å². The van der Waals surface area contributed by atoms with Crippen molar-refractivity contribution in [2.75, 3.05) is 13.2 Å². The van der Waals surface area contributed by atoms with Crippen molar-refractivity contribution in [2.45, 2.75) is 62.0 Å². The smallest absolute Gasteiger partial charge is 0.347 e. The lowest BCUT2D eigenvalue weighted by atomic mass is 9.77. The number of rotatable bonds is 5. The molecular weight excluding hydrogens is 389 g/mol. The summed E-state index contributed by atoms with van der Waals surface area (Å²) in [5, 5.41) is 0.0189. The third-order valence-corrected chi connectivity index (χ3v) is 6.95. The summed E-state index contributed by atoms with van der Waals surface area (Å²) in [4.78, 5) is 13.0. The van der Waals surface area contributed by atoms with E-state index in [0.29, 0.717) is 26.1 Å². The van der Waals surface area contributed by atoms with E-state index in [9.17, 15) is 18.0 Å². The molecule has 0 radical (unpaired) electrons. The Morgan fingerprint density at radius 2 is 1.57 bits per heavy atom. The standard InChI is InChI=1S/C21H27F3O3S/c1-20(2,18(25)14-8-10-16(11-9-14)21(22,23)24)28-17-12-26-19(27-13-17)15-6-4-3-5-7-15/h3-7,14,16-17,19H,8-13H2,1-2H3. The van der Waals surface area contributed by atoms with Gasteiger partial charge in [0, 0.05) is 11.5 Å². The van der Waals surface area contributed by atoms with E-state index >= 15 is 0 Å². The molecule has 28 heavy (non-hydrogen) atoms. The van der Waals surface area contributed by atoms with Crippen molar-refractivity contribution in [3.05, 3.63) is 35.9 Å². The highest BCUT2D eigenvalue weighted by molar-refractivity contribution is 8.02. The first-order valence-electron chi connectivity index (χ1n) is 9.74. The number of thioether (sulfide) groups is 1. The lowest BCUT2D eigenvalue weighted by molar-refractivity contribution is -0.184. The number of Topliss-reactive ketones (excluding diaryl/α,β-unsaturated/α-hetero) is 1. The number of ether oxygens (including phenoxy) is 2. The van der Waals surface area contributed by atoms with Crippen LogP contribution in [0.5, 0.6) is 0 Å². The first-order chi connectivity index (χ1) is 13.2. The Bertz CT molecular complexity index is 647. The van der Waals surface area contributed by atoms with E-state index < -0.39 is 23.1 Å². The molecule has 0 atom stereocenters. The Kier molecular flexibility index (Phi) is 6.77. The second-order valence-corrected chi connectivity index (χ2v) is 10.0. The number of carbonyl (C=O) groups excluding carboxylic acids is 1. The number of hydrogen-bond donors (Lipinski definition) is 0. The second-order valence-electron chi connectivity index (χ2n) is 8.11. The Morgan fingerprint density at radius 3 is 2.11 bits per heavy atom. The summed E-state index contributed by atoms with van der Waals surface area (Å²) >= 11 is 1.51. The van der Waals surface area contributed by atoms with Gasteiger partial charge in [0.1, 0.15) is 0 Å². The van der Waals surface area contributed by atoms with Gasteiger partial charge >= 0.3 is 6.18 Å². The van der Waals surface area contributed by atoms with E-state index in [1.807, 2.05) is 44.2 Å². The van der Waals surface area contributed by atoms with Gasteiger partial charge in [-0.15, -0.1) is 11.8 Å². The monoisotopic (exact) mass is 416 g/mol. The van der Waals surface area contributed by atoms with Gasteiger partial charge in [0.2, 0.25) is 0 Å². The Labute approximate surface area is 168 Å². The zero-order valence-corrected chi connectivity index (χ0v) is 17.0. The SMILES string of the molecule is CC(C)(SC1COC(c2ccccc2)OC1)C(=O)C1CCC(C(F)(F)F)CC1. The highest BCUT2D eigenvalue weighted by Crippen LogP contribution is 2.43. The summed E-state index contributed by atoms with van der Waals surface area (Å²) in [6, 6.07) is 9.68. The Balaban J connectivity index is 1.49. The van der Waals surface area contributed by atoms with E-state index in [1.165, 1.54) is 11.8 Å². The van der Waals surface area contributed by atoms with E-state index in [2.05, 4.69) is 0 Å². The predicted octanol–water partition coefficient (Wildman–Crippen LogP) is 5.55. The van der Waals surface area contributed by atoms with Gasteiger partial charge in [-0.2, -0.15) is 13.2 Å². The van der Waals surface area contributed by atoms with Crippen LogP contribution in [0, 0.1) is 11.8 Å². The number of alkyl halides is 3. The molecule has 7 heteroatoms. The van der Waals surface area contributed by atoms with Crippen LogP contribution in [0.1, 0.15) is 51.4 Å². The van der Waals surface area contributed by atoms with Gasteiger partial charge in [0.15, 0.2) is 12.1 Å². The molecule has 1 heterocycles. The van der Waals surface area contributed by atoms with Crippen LogP contribution in [-0.2, 0) is 14.3 Å². The van der Waals surface area contributed by atoms with E-state index in [-0.39, 0.29) is 29.8 Å². The van der Waals surface area contributed by atoms with Gasteiger partial charge in [-0.05, 0) is 39.5 Å². The van der Waals surface area contributed by atoms with Crippen molar-refractivity contribution in [2.24, 2.45) is 11.8 Å². The number of benzene rings is 1. The predicted molar refractivity (Wildman–Crippen MR) is 103 cm³/mol. The summed E-state index contributed by atoms with van der Waals surface area (Å²) in [5.74, 6) is -1.51. The second kappa shape index (κ2) is 8.76. The molecule has 2 fully saturated rings. The molecule has 3 nitrogen and oxygen atoms in total. The minimum atomic E-state index is -4.15. The summed E-state index contributed by atoms with van der Waals surface area (Å²) in [6.07, 6.45) is -3.80. The van der Waals surface area contributed by atoms with Crippen LogP contribution < -0.4 is 0 Å². The van der Waals surface area contributed by atoms with Gasteiger partial charge in [-0.1, -0.05) is 30.3 Å². The number of carbonyl (C=O) groups is 1. The van der Waals surface area contributed by atoms with Crippen molar-refractivity contribution in [1.29, 1.82) is 0 Å². The molecular formula is C21H27F3O3S. The lowest BCUT2D eigenvalue weighted by Crippen LogP contribution is -2.41. The molecule has 3 rings (SSSR count). The van der Waals surface area contributed by atoms with Crippen LogP contribution in [0.25, 0.3) is 0 Å². The summed E-state index contributed by atoms with van der Waals surface area (Å²) < 4.78 is 49.5. The zero-order chi connectivity index (χ0) is 20.4. The fraction of sp³-hybridized carbons (Fsp3) is 0.667. The zero-order valence-electron chi connectivity index (χ0n) is 16.2. The van der Waals surface area contributed by atoms with E-state index in [4.69, 9.17) is 9.47 Å². The molecule has 0 aromatic heterocycles. The van der Waals surface area contributed by atoms with Crippen LogP contribution >= 0.6 is 11.8 Å². The number of ketones is 1. The lowest BCUT2D eigenvalue weighted by Gasteiger charge is -2.37. The van der Waals surface area contributed by atoms with Crippen molar-refractivity contribution < 1.29 is 27.4 Å². The van der Waals surface area contributed by atoms with E-state index in [0.717, 1.165) is 5.56 Å². The number of halogens is 3. The molecule has 1 saturated carbocycles. The van der Waals surface area contributed by atoms with Crippen LogP contribution in [0.2, 0.25) is 0 Å². The average Bonchev–Trinajstić information content (AvgIpc) is 2.68. The molecule has 0 bridgehead atoms. The van der Waals surface area contributed by atoms with E-state index in [1.54, 1.807) is 0 Å². The summed E-state index contributed by atoms with van der Waals surface area (Å²) in [7, 11) is 0. The Morgan fingerprint density at radius 1 is 1.00 bits per heavy atom. The van der Waals surface area contributed by atoms with Crippen LogP contribution in [0.3, 0.4) is 0 Å². The van der Waals surface area contributed by atoms with Gasteiger partial charge in [-0.25, -0.2) is 0 Å². The van der Waals surface area contributed by atoms with Crippen molar-refractivity contribution >= 4 is 17.5 Å². The molecule has 1 aromatic carbocycles. The molecule has 1 aliphatic heterocycles. The van der Waals surface area contributed by atoms with Crippen molar-refractivity contribution in [3.8, 4) is 0 Å². The molecule has 0 N–H and O–H groups in total. The molecule has 156 valence electrons. The maximum absolute atomic E-state index is 13.0. The maximum Gasteiger partial charge on any atom is 0.391 e. The molecule has 1 aromatic rings. The largest absolute Gasteiger partial charge is 0.391 e. The molecule has 1 saturated heterocycles. The van der Waals surface area contributed by atoms with Crippen molar-refractivity contribution in [3.63, 3.8) is 0 Å². The van der Waals surface area contributed by atoms with Gasteiger partial charge in [0.25, 0.3) is 0 Å². The summed E-state index contributed by atoms with van der Waals surface area (Å²) in [5.41, 5.74) is 0.961. The van der Waals surface area contributed by atoms with Gasteiger partial charge in [0.05, 0.1) is 29.1 Å². The number of hydrogen-bond acceptors (Lipinski definition) is 4. The van der Waals surface area contributed by atoms with Crippen LogP contribution in [0.15, 0.2) is 30.3 Å². The van der Waals surface area contributed by atoms with Crippen LogP contribution in [0.4, 0.5) is 13.2 Å². The Hall–Kier alpha value is -1.05. The van der Waals surface area contributed by atoms with Gasteiger partial charge < -0.3 is 9.47 Å². The fourth-order valence-electron chi connectivity index (χ4n) is 4.01. The average molecular weight is 417 g/mol. The third kappa shape index (κ3) is 5.30. The first-order valence-corrected chi connectivity index (χ1v) is 10.6. The molecule has 0 amide bonds. The molecule has 2 aliphatic rings. The topological polar surface area (TPSA) is 35.5 Å². The highest BCUT2D eigenvalue weighted by atomic mass is 32.2. The maximum atomic E-state index is 13.0. The highest BCUT2D eigenvalue weighted by Gasteiger charge is 2.45. The minimum absolute atomic E-state index is 0.0189. The van der Waals surface area contributed by atoms with Gasteiger partial charge in [-0.3, -0.25) is 4.79 Å². The normalized spacial score (nSPS) is 29.5. The molecule has 0 spiro atoms. The fourth-order valence-corrected chi connectivity index (χ4v) is 5.41. The molecule has 0 unspecified atom stereocenters. The minimum Gasteiger partial charge on any atom is -0.347 e. The third-order valence-electron chi connectivity index (χ3n) is 5.55.